The maximum absolute atomic E-state index is 13.1. The summed E-state index contributed by atoms with van der Waals surface area (Å²) in [6.45, 7) is 3.98. The number of aryl methyl sites for hydroxylation is 2. The van der Waals surface area contributed by atoms with E-state index < -0.39 is 0 Å². The molecule has 36 heavy (non-hydrogen) atoms. The number of ketones is 2. The predicted molar refractivity (Wildman–Crippen MR) is 149 cm³/mol. The van der Waals surface area contributed by atoms with Crippen LogP contribution >= 0.6 is 22.6 Å². The first-order chi connectivity index (χ1) is 17.4. The Morgan fingerprint density at radius 3 is 1.89 bits per heavy atom. The van der Waals surface area contributed by atoms with Crippen molar-refractivity contribution in [3.63, 3.8) is 0 Å². The molecule has 2 heterocycles. The van der Waals surface area contributed by atoms with Gasteiger partial charge in [0.05, 0.1) is 11.6 Å². The standard InChI is InChI=1S/C31H24INO3/c1-19-3-7-22(8-4-19)30(34)26-16-15-25(33-26)29(21-11-13-24(32)14-12-21)27-17-18-28(36-27)31(35)23-9-5-20(2)6-10-23/h3-18,29,33H,1-2H3. The van der Waals surface area contributed by atoms with Gasteiger partial charge in [-0.1, -0.05) is 71.8 Å². The normalized spacial score (nSPS) is 11.9. The van der Waals surface area contributed by atoms with Crippen molar-refractivity contribution >= 4 is 34.2 Å². The second-order valence-corrected chi connectivity index (χ2v) is 10.1. The van der Waals surface area contributed by atoms with Crippen LogP contribution in [-0.4, -0.2) is 16.6 Å². The van der Waals surface area contributed by atoms with Crippen molar-refractivity contribution in [3.05, 3.63) is 151 Å². The third-order valence-corrected chi connectivity index (χ3v) is 6.95. The molecule has 3 aromatic carbocycles. The van der Waals surface area contributed by atoms with Crippen LogP contribution in [0, 0.1) is 17.4 Å². The zero-order valence-electron chi connectivity index (χ0n) is 19.9. The van der Waals surface area contributed by atoms with E-state index in [1.54, 1.807) is 12.1 Å². The molecule has 0 aliphatic carbocycles. The van der Waals surface area contributed by atoms with E-state index in [1.165, 1.54) is 0 Å². The second kappa shape index (κ2) is 10.1. The summed E-state index contributed by atoms with van der Waals surface area (Å²) in [4.78, 5) is 29.4. The molecular formula is C31H24INO3. The number of rotatable bonds is 7. The first-order valence-corrected chi connectivity index (χ1v) is 12.7. The van der Waals surface area contributed by atoms with Gasteiger partial charge in [-0.2, -0.15) is 0 Å². The number of carbonyl (C=O) groups is 2. The molecule has 5 heteroatoms. The summed E-state index contributed by atoms with van der Waals surface area (Å²) in [5.41, 5.74) is 5.72. The quantitative estimate of drug-likeness (QED) is 0.159. The van der Waals surface area contributed by atoms with Crippen LogP contribution < -0.4 is 0 Å². The van der Waals surface area contributed by atoms with Crippen molar-refractivity contribution in [1.82, 2.24) is 4.98 Å². The molecule has 0 aliphatic rings. The largest absolute Gasteiger partial charge is 0.457 e. The van der Waals surface area contributed by atoms with Gasteiger partial charge in [-0.25, -0.2) is 0 Å². The number of aromatic amines is 1. The van der Waals surface area contributed by atoms with Crippen LogP contribution in [-0.2, 0) is 0 Å². The van der Waals surface area contributed by atoms with Crippen LogP contribution in [0.3, 0.4) is 0 Å². The Bertz CT molecular complexity index is 1430. The van der Waals surface area contributed by atoms with Gasteiger partial charge in [-0.15, -0.1) is 0 Å². The lowest BCUT2D eigenvalue weighted by Crippen LogP contribution is -2.06. The minimum absolute atomic E-state index is 0.0720. The Hall–Kier alpha value is -3.71. The van der Waals surface area contributed by atoms with Gasteiger partial charge in [0.25, 0.3) is 0 Å². The molecule has 4 nitrogen and oxygen atoms in total. The maximum Gasteiger partial charge on any atom is 0.228 e. The van der Waals surface area contributed by atoms with Gasteiger partial charge in [0, 0.05) is 20.4 Å². The average molecular weight is 585 g/mol. The number of H-pyrrole nitrogens is 1. The molecule has 0 saturated carbocycles. The van der Waals surface area contributed by atoms with E-state index in [9.17, 15) is 9.59 Å². The van der Waals surface area contributed by atoms with E-state index >= 15 is 0 Å². The summed E-state index contributed by atoms with van der Waals surface area (Å²) in [5, 5.41) is 0. The number of hydrogen-bond donors (Lipinski definition) is 1. The third-order valence-electron chi connectivity index (χ3n) is 6.23. The molecule has 0 saturated heterocycles. The fourth-order valence-corrected chi connectivity index (χ4v) is 4.56. The Morgan fingerprint density at radius 2 is 1.28 bits per heavy atom. The first-order valence-electron chi connectivity index (χ1n) is 11.7. The van der Waals surface area contributed by atoms with Crippen LogP contribution in [0.15, 0.2) is 101 Å². The molecule has 5 rings (SSSR count). The van der Waals surface area contributed by atoms with Crippen LogP contribution in [0.4, 0.5) is 0 Å². The summed E-state index contributed by atoms with van der Waals surface area (Å²) in [6.07, 6.45) is 0. The smallest absolute Gasteiger partial charge is 0.228 e. The van der Waals surface area contributed by atoms with E-state index in [1.807, 2.05) is 98.8 Å². The highest BCUT2D eigenvalue weighted by molar-refractivity contribution is 14.1. The van der Waals surface area contributed by atoms with Gasteiger partial charge in [-0.05, 0) is 78.4 Å². The molecule has 0 amide bonds. The fraction of sp³-hybridized carbons (Fsp3) is 0.0968. The number of benzene rings is 3. The van der Waals surface area contributed by atoms with Gasteiger partial charge >= 0.3 is 0 Å². The summed E-state index contributed by atoms with van der Waals surface area (Å²) in [6, 6.07) is 30.4. The molecule has 1 unspecified atom stereocenters. The minimum atomic E-state index is -0.305. The van der Waals surface area contributed by atoms with Crippen molar-refractivity contribution < 1.29 is 14.0 Å². The number of hydrogen-bond acceptors (Lipinski definition) is 3. The lowest BCUT2D eigenvalue weighted by Gasteiger charge is -2.14. The number of nitrogens with one attached hydrogen (secondary N) is 1. The summed E-state index contributed by atoms with van der Waals surface area (Å²) in [5.74, 6) is 0.373. The highest BCUT2D eigenvalue weighted by atomic mass is 127. The van der Waals surface area contributed by atoms with E-state index in [4.69, 9.17) is 4.42 Å². The molecule has 5 aromatic rings. The van der Waals surface area contributed by atoms with Crippen LogP contribution in [0.5, 0.6) is 0 Å². The summed E-state index contributed by atoms with van der Waals surface area (Å²) >= 11 is 2.27. The first kappa shape index (κ1) is 24.0. The van der Waals surface area contributed by atoms with E-state index in [2.05, 4.69) is 27.6 Å². The van der Waals surface area contributed by atoms with E-state index in [0.717, 1.165) is 26.0 Å². The molecule has 0 fully saturated rings. The van der Waals surface area contributed by atoms with Crippen LogP contribution in [0.25, 0.3) is 0 Å². The highest BCUT2D eigenvalue weighted by Crippen LogP contribution is 2.34. The molecule has 2 aromatic heterocycles. The Kier molecular flexibility index (Phi) is 6.74. The SMILES string of the molecule is Cc1ccc(C(=O)c2ccc(C(c3ccc(I)cc3)c3ccc(C(=O)c4ccc(C)cc4)o3)[nH]2)cc1. The second-order valence-electron chi connectivity index (χ2n) is 8.90. The van der Waals surface area contributed by atoms with Gasteiger partial charge in [-0.3, -0.25) is 9.59 Å². The van der Waals surface area contributed by atoms with Crippen molar-refractivity contribution in [1.29, 1.82) is 0 Å². The topological polar surface area (TPSA) is 63.1 Å². The average Bonchev–Trinajstić information content (AvgIpc) is 3.56. The molecule has 178 valence electrons. The molecule has 0 radical (unpaired) electrons. The summed E-state index contributed by atoms with van der Waals surface area (Å²) < 4.78 is 7.26. The van der Waals surface area contributed by atoms with Crippen molar-refractivity contribution in [3.8, 4) is 0 Å². The van der Waals surface area contributed by atoms with Crippen LogP contribution in [0.1, 0.15) is 66.2 Å². The summed E-state index contributed by atoms with van der Waals surface area (Å²) in [7, 11) is 0. The molecule has 0 spiro atoms. The molecule has 0 bridgehead atoms. The molecule has 1 atom stereocenters. The van der Waals surface area contributed by atoms with E-state index in [-0.39, 0.29) is 23.2 Å². The van der Waals surface area contributed by atoms with Crippen LogP contribution in [0.2, 0.25) is 0 Å². The predicted octanol–water partition coefficient (Wildman–Crippen LogP) is 7.47. The maximum atomic E-state index is 13.1. The number of aromatic nitrogens is 1. The van der Waals surface area contributed by atoms with Gasteiger partial charge < -0.3 is 9.40 Å². The molecule has 0 aliphatic heterocycles. The van der Waals surface area contributed by atoms with Gasteiger partial charge in [0.15, 0.2) is 5.76 Å². The van der Waals surface area contributed by atoms with E-state index in [0.29, 0.717) is 22.6 Å². The number of halogens is 1. The monoisotopic (exact) mass is 585 g/mol. The fourth-order valence-electron chi connectivity index (χ4n) is 4.20. The van der Waals surface area contributed by atoms with Crippen molar-refractivity contribution in [2.45, 2.75) is 19.8 Å². The minimum Gasteiger partial charge on any atom is -0.457 e. The Balaban J connectivity index is 1.51. The van der Waals surface area contributed by atoms with Crippen molar-refractivity contribution in [2.75, 3.05) is 0 Å². The highest BCUT2D eigenvalue weighted by Gasteiger charge is 2.25. The Labute approximate surface area is 223 Å². The Morgan fingerprint density at radius 1 is 0.694 bits per heavy atom. The van der Waals surface area contributed by atoms with Gasteiger partial charge in [0.1, 0.15) is 5.76 Å². The number of furan rings is 1. The lowest BCUT2D eigenvalue weighted by atomic mass is 9.93. The number of carbonyl (C=O) groups excluding carboxylic acids is 2. The zero-order chi connectivity index (χ0) is 25.2. The molecule has 1 N–H and O–H groups in total. The third kappa shape index (κ3) is 4.97. The zero-order valence-corrected chi connectivity index (χ0v) is 22.1. The van der Waals surface area contributed by atoms with Crippen molar-refractivity contribution in [2.24, 2.45) is 0 Å². The van der Waals surface area contributed by atoms with Gasteiger partial charge in [0.2, 0.25) is 11.6 Å². The lowest BCUT2D eigenvalue weighted by molar-refractivity contribution is 0.101. The molecular weight excluding hydrogens is 561 g/mol.